The number of rotatable bonds is 6. The molecule has 1 unspecified atom stereocenters. The Kier molecular flexibility index (Phi) is 5.35. The first-order valence-corrected chi connectivity index (χ1v) is 8.95. The Morgan fingerprint density at radius 1 is 1.27 bits per heavy atom. The van der Waals surface area contributed by atoms with E-state index in [-0.39, 0.29) is 17.9 Å². The molecule has 0 radical (unpaired) electrons. The Balaban J connectivity index is 1.71. The molecule has 1 aliphatic rings. The van der Waals surface area contributed by atoms with Gasteiger partial charge in [0.05, 0.1) is 0 Å². The molecule has 1 N–H and O–H groups in total. The highest BCUT2D eigenvalue weighted by atomic mass is 16.4. The van der Waals surface area contributed by atoms with Gasteiger partial charge in [-0.1, -0.05) is 13.8 Å². The maximum absolute atomic E-state index is 12.6. The number of aryl methyl sites for hydroxylation is 1. The summed E-state index contributed by atoms with van der Waals surface area (Å²) in [6.07, 6.45) is 2.16. The van der Waals surface area contributed by atoms with Crippen LogP contribution < -0.4 is 10.2 Å². The lowest BCUT2D eigenvalue weighted by atomic mass is 10.0. The normalized spacial score (nSPS) is 15.5. The molecule has 3 rings (SSSR count). The van der Waals surface area contributed by atoms with E-state index in [1.54, 1.807) is 24.0 Å². The molecule has 0 saturated carbocycles. The zero-order chi connectivity index (χ0) is 18.7. The molecule has 2 heterocycles. The molecule has 2 amide bonds. The molecular weight excluding hydrogens is 332 g/mol. The van der Waals surface area contributed by atoms with Crippen molar-refractivity contribution in [3.63, 3.8) is 0 Å². The molecule has 138 valence electrons. The number of aromatic nitrogens is 2. The number of carbonyl (C=O) groups excluding carboxylic acids is 2. The highest BCUT2D eigenvalue weighted by Gasteiger charge is 2.24. The van der Waals surface area contributed by atoms with Crippen LogP contribution in [0.5, 0.6) is 0 Å². The fourth-order valence-corrected chi connectivity index (χ4v) is 3.10. The van der Waals surface area contributed by atoms with E-state index in [0.29, 0.717) is 36.1 Å². The van der Waals surface area contributed by atoms with Crippen molar-refractivity contribution in [1.82, 2.24) is 15.5 Å². The van der Waals surface area contributed by atoms with Crippen LogP contribution in [-0.2, 0) is 4.79 Å². The third-order valence-corrected chi connectivity index (χ3v) is 4.37. The van der Waals surface area contributed by atoms with Gasteiger partial charge >= 0.3 is 0 Å². The minimum atomic E-state index is -0.330. The molecule has 7 heteroatoms. The zero-order valence-electron chi connectivity index (χ0n) is 15.4. The van der Waals surface area contributed by atoms with Gasteiger partial charge in [0.1, 0.15) is 6.04 Å². The number of amides is 2. The van der Waals surface area contributed by atoms with Crippen LogP contribution in [0.15, 0.2) is 28.7 Å². The van der Waals surface area contributed by atoms with Gasteiger partial charge < -0.3 is 14.6 Å². The van der Waals surface area contributed by atoms with Gasteiger partial charge in [-0.25, -0.2) is 0 Å². The minimum absolute atomic E-state index is 0.131. The van der Waals surface area contributed by atoms with E-state index in [0.717, 1.165) is 18.7 Å². The van der Waals surface area contributed by atoms with Gasteiger partial charge in [0, 0.05) is 31.1 Å². The quantitative estimate of drug-likeness (QED) is 0.859. The number of nitrogens with one attached hydrogen (secondary N) is 1. The predicted molar refractivity (Wildman–Crippen MR) is 96.7 cm³/mol. The first-order chi connectivity index (χ1) is 12.4. The van der Waals surface area contributed by atoms with Crippen LogP contribution in [0.25, 0.3) is 0 Å². The maximum atomic E-state index is 12.6. The average Bonchev–Trinajstić information content (AvgIpc) is 3.22. The van der Waals surface area contributed by atoms with Crippen LogP contribution in [0.4, 0.5) is 5.69 Å². The fourth-order valence-electron chi connectivity index (χ4n) is 3.10. The molecular formula is C19H24N4O3. The highest BCUT2D eigenvalue weighted by Crippen LogP contribution is 2.23. The van der Waals surface area contributed by atoms with E-state index in [4.69, 9.17) is 4.42 Å². The summed E-state index contributed by atoms with van der Waals surface area (Å²) in [7, 11) is 0. The van der Waals surface area contributed by atoms with Crippen molar-refractivity contribution in [2.75, 3.05) is 11.4 Å². The SMILES string of the molecule is Cc1nnc(C(CC(C)C)NC(=O)c2ccc(N3CCCC3=O)cc2)o1. The van der Waals surface area contributed by atoms with Crippen LogP contribution >= 0.6 is 0 Å². The first-order valence-electron chi connectivity index (χ1n) is 8.95. The van der Waals surface area contributed by atoms with Crippen molar-refractivity contribution in [2.45, 2.75) is 46.1 Å². The van der Waals surface area contributed by atoms with Gasteiger partial charge in [-0.15, -0.1) is 10.2 Å². The second kappa shape index (κ2) is 7.68. The van der Waals surface area contributed by atoms with Crippen LogP contribution in [-0.4, -0.2) is 28.6 Å². The molecule has 2 aromatic rings. The van der Waals surface area contributed by atoms with Crippen LogP contribution in [0.1, 0.15) is 61.3 Å². The van der Waals surface area contributed by atoms with Crippen molar-refractivity contribution in [1.29, 1.82) is 0 Å². The van der Waals surface area contributed by atoms with E-state index in [1.807, 2.05) is 12.1 Å². The molecule has 1 atom stereocenters. The molecule has 26 heavy (non-hydrogen) atoms. The van der Waals surface area contributed by atoms with E-state index in [2.05, 4.69) is 29.4 Å². The van der Waals surface area contributed by atoms with Crippen LogP contribution in [0, 0.1) is 12.8 Å². The summed E-state index contributed by atoms with van der Waals surface area (Å²) in [4.78, 5) is 26.2. The van der Waals surface area contributed by atoms with Gasteiger partial charge in [-0.2, -0.15) is 0 Å². The monoisotopic (exact) mass is 356 g/mol. The summed E-state index contributed by atoms with van der Waals surface area (Å²) in [6.45, 7) is 6.61. The maximum Gasteiger partial charge on any atom is 0.251 e. The lowest BCUT2D eigenvalue weighted by Crippen LogP contribution is -2.30. The molecule has 0 aliphatic carbocycles. The minimum Gasteiger partial charge on any atom is -0.423 e. The summed E-state index contributed by atoms with van der Waals surface area (Å²) < 4.78 is 5.50. The molecule has 0 spiro atoms. The van der Waals surface area contributed by atoms with E-state index in [9.17, 15) is 9.59 Å². The molecule has 0 bridgehead atoms. The van der Waals surface area contributed by atoms with E-state index in [1.165, 1.54) is 0 Å². The fraction of sp³-hybridized carbons (Fsp3) is 0.474. The number of benzene rings is 1. The summed E-state index contributed by atoms with van der Waals surface area (Å²) in [5.41, 5.74) is 1.36. The number of anilines is 1. The molecule has 7 nitrogen and oxygen atoms in total. The Hall–Kier alpha value is -2.70. The van der Waals surface area contributed by atoms with Crippen LogP contribution in [0.2, 0.25) is 0 Å². The average molecular weight is 356 g/mol. The molecule has 1 saturated heterocycles. The summed E-state index contributed by atoms with van der Waals surface area (Å²) in [6, 6.07) is 6.77. The smallest absolute Gasteiger partial charge is 0.251 e. The summed E-state index contributed by atoms with van der Waals surface area (Å²) in [5.74, 6) is 1.18. The predicted octanol–water partition coefficient (Wildman–Crippen LogP) is 3.02. The highest BCUT2D eigenvalue weighted by molar-refractivity contribution is 5.97. The lowest BCUT2D eigenvalue weighted by Gasteiger charge is -2.18. The molecule has 1 fully saturated rings. The summed E-state index contributed by atoms with van der Waals surface area (Å²) >= 11 is 0. The number of nitrogens with zero attached hydrogens (tertiary/aromatic N) is 3. The van der Waals surface area contributed by atoms with Crippen molar-refractivity contribution >= 4 is 17.5 Å². The van der Waals surface area contributed by atoms with E-state index < -0.39 is 0 Å². The lowest BCUT2D eigenvalue weighted by molar-refractivity contribution is -0.117. The van der Waals surface area contributed by atoms with Gasteiger partial charge in [0.2, 0.25) is 17.7 Å². The Morgan fingerprint density at radius 3 is 2.54 bits per heavy atom. The van der Waals surface area contributed by atoms with Gasteiger partial charge in [-0.3, -0.25) is 9.59 Å². The number of hydrogen-bond donors (Lipinski definition) is 1. The molecule has 1 aromatic heterocycles. The van der Waals surface area contributed by atoms with Gasteiger partial charge in [0.15, 0.2) is 0 Å². The van der Waals surface area contributed by atoms with Gasteiger partial charge in [0.25, 0.3) is 5.91 Å². The second-order valence-corrected chi connectivity index (χ2v) is 7.01. The van der Waals surface area contributed by atoms with Crippen molar-refractivity contribution < 1.29 is 14.0 Å². The first kappa shape index (κ1) is 18.1. The number of hydrogen-bond acceptors (Lipinski definition) is 5. The largest absolute Gasteiger partial charge is 0.423 e. The Morgan fingerprint density at radius 2 is 2.00 bits per heavy atom. The zero-order valence-corrected chi connectivity index (χ0v) is 15.4. The third kappa shape index (κ3) is 4.09. The molecule has 1 aliphatic heterocycles. The van der Waals surface area contributed by atoms with Crippen molar-refractivity contribution in [3.05, 3.63) is 41.6 Å². The Labute approximate surface area is 152 Å². The Bertz CT molecular complexity index is 782. The standard InChI is InChI=1S/C19H24N4O3/c1-12(2)11-16(19-22-21-13(3)26-19)20-18(25)14-6-8-15(9-7-14)23-10-4-5-17(23)24/h6-9,12,16H,4-5,10-11H2,1-3H3,(H,20,25). The summed E-state index contributed by atoms with van der Waals surface area (Å²) in [5, 5.41) is 10.9. The van der Waals surface area contributed by atoms with E-state index >= 15 is 0 Å². The van der Waals surface area contributed by atoms with Crippen molar-refractivity contribution in [2.24, 2.45) is 5.92 Å². The van der Waals surface area contributed by atoms with Crippen LogP contribution in [0.3, 0.4) is 0 Å². The van der Waals surface area contributed by atoms with Gasteiger partial charge in [-0.05, 0) is 43.0 Å². The molecule has 1 aromatic carbocycles. The topological polar surface area (TPSA) is 88.3 Å². The van der Waals surface area contributed by atoms with Crippen molar-refractivity contribution in [3.8, 4) is 0 Å². The second-order valence-electron chi connectivity index (χ2n) is 7.01. The third-order valence-electron chi connectivity index (χ3n) is 4.37. The number of carbonyl (C=O) groups is 2.